The molecule has 1 aromatic carbocycles. The van der Waals surface area contributed by atoms with Gasteiger partial charge < -0.3 is 5.32 Å². The van der Waals surface area contributed by atoms with Crippen LogP contribution in [0.15, 0.2) is 36.5 Å². The summed E-state index contributed by atoms with van der Waals surface area (Å²) in [6.07, 6.45) is 2.38. The van der Waals surface area contributed by atoms with E-state index in [0.29, 0.717) is 13.0 Å². The Kier molecular flexibility index (Phi) is 4.35. The van der Waals surface area contributed by atoms with Crippen molar-refractivity contribution in [2.45, 2.75) is 13.3 Å². The Morgan fingerprint density at radius 2 is 2.11 bits per heavy atom. The molecule has 4 heteroatoms. The number of nitrogens with one attached hydrogen (secondary N) is 2. The van der Waals surface area contributed by atoms with Gasteiger partial charge in [-0.15, -0.1) is 0 Å². The van der Waals surface area contributed by atoms with Crippen molar-refractivity contribution in [2.24, 2.45) is 0 Å². The second kappa shape index (κ2) is 6.41. The minimum absolute atomic E-state index is 0.0225. The number of nitrogens with zero attached hydrogens (tertiary/aromatic N) is 1. The smallest absolute Gasteiger partial charge is 0.216 e. The molecule has 1 aromatic heterocycles. The van der Waals surface area contributed by atoms with Gasteiger partial charge in [0, 0.05) is 31.6 Å². The van der Waals surface area contributed by atoms with Gasteiger partial charge in [0.25, 0.3) is 0 Å². The highest BCUT2D eigenvalue weighted by molar-refractivity contribution is 5.72. The molecule has 96 valence electrons. The van der Waals surface area contributed by atoms with Crippen molar-refractivity contribution in [3.8, 4) is 23.1 Å². The number of hydrogen-bond acceptors (Lipinski definition) is 2. The van der Waals surface area contributed by atoms with E-state index < -0.39 is 0 Å². The predicted octanol–water partition coefficient (Wildman–Crippen LogP) is 1.95. The van der Waals surface area contributed by atoms with Crippen molar-refractivity contribution in [1.82, 2.24) is 15.5 Å². The van der Waals surface area contributed by atoms with Crippen LogP contribution in [0.4, 0.5) is 0 Å². The third kappa shape index (κ3) is 4.00. The van der Waals surface area contributed by atoms with Gasteiger partial charge in [0.15, 0.2) is 0 Å². The number of benzene rings is 1. The van der Waals surface area contributed by atoms with E-state index in [1.807, 2.05) is 30.3 Å². The summed E-state index contributed by atoms with van der Waals surface area (Å²) in [5.74, 6) is 6.07. The van der Waals surface area contributed by atoms with E-state index in [9.17, 15) is 4.79 Å². The van der Waals surface area contributed by atoms with Crippen LogP contribution < -0.4 is 5.32 Å². The van der Waals surface area contributed by atoms with Crippen LogP contribution in [0.3, 0.4) is 0 Å². The van der Waals surface area contributed by atoms with E-state index in [-0.39, 0.29) is 5.91 Å². The van der Waals surface area contributed by atoms with Crippen LogP contribution in [-0.4, -0.2) is 22.6 Å². The molecule has 1 amide bonds. The number of aromatic nitrogens is 2. The Morgan fingerprint density at radius 1 is 1.32 bits per heavy atom. The standard InChI is InChI=1S/C15H15N3O/c1-12(19)16-10-3-2-4-13-5-7-14(8-6-13)15-9-11-17-18-15/h5-9,11H,3,10H2,1H3,(H,16,19)(H,17,18). The monoisotopic (exact) mass is 253 g/mol. The van der Waals surface area contributed by atoms with E-state index in [1.54, 1.807) is 6.20 Å². The number of hydrogen-bond donors (Lipinski definition) is 2. The summed E-state index contributed by atoms with van der Waals surface area (Å²) in [6.45, 7) is 2.09. The summed E-state index contributed by atoms with van der Waals surface area (Å²) in [5.41, 5.74) is 3.04. The highest BCUT2D eigenvalue weighted by atomic mass is 16.1. The van der Waals surface area contributed by atoms with Gasteiger partial charge in [-0.3, -0.25) is 9.89 Å². The van der Waals surface area contributed by atoms with Crippen LogP contribution in [0.2, 0.25) is 0 Å². The summed E-state index contributed by atoms with van der Waals surface area (Å²) < 4.78 is 0. The quantitative estimate of drug-likeness (QED) is 0.649. The lowest BCUT2D eigenvalue weighted by atomic mass is 10.1. The zero-order valence-electron chi connectivity index (χ0n) is 10.7. The van der Waals surface area contributed by atoms with Crippen molar-refractivity contribution in [3.63, 3.8) is 0 Å². The summed E-state index contributed by atoms with van der Waals surface area (Å²) in [5, 5.41) is 9.54. The zero-order valence-corrected chi connectivity index (χ0v) is 10.7. The molecule has 0 fully saturated rings. The molecule has 0 saturated heterocycles. The molecule has 0 aliphatic heterocycles. The first-order chi connectivity index (χ1) is 9.25. The lowest BCUT2D eigenvalue weighted by Gasteiger charge is -1.97. The van der Waals surface area contributed by atoms with Crippen molar-refractivity contribution in [1.29, 1.82) is 0 Å². The maximum atomic E-state index is 10.7. The van der Waals surface area contributed by atoms with E-state index >= 15 is 0 Å². The molecule has 0 unspecified atom stereocenters. The van der Waals surface area contributed by atoms with Gasteiger partial charge in [-0.2, -0.15) is 5.10 Å². The van der Waals surface area contributed by atoms with Gasteiger partial charge in [-0.1, -0.05) is 24.0 Å². The van der Waals surface area contributed by atoms with Gasteiger partial charge in [-0.05, 0) is 23.8 Å². The minimum Gasteiger partial charge on any atom is -0.355 e. The van der Waals surface area contributed by atoms with Crippen molar-refractivity contribution in [3.05, 3.63) is 42.1 Å². The summed E-state index contributed by atoms with van der Waals surface area (Å²) in [4.78, 5) is 10.7. The molecule has 1 heterocycles. The molecule has 0 aliphatic carbocycles. The molecule has 2 N–H and O–H groups in total. The fraction of sp³-hybridized carbons (Fsp3) is 0.200. The van der Waals surface area contributed by atoms with Gasteiger partial charge >= 0.3 is 0 Å². The topological polar surface area (TPSA) is 57.8 Å². The maximum Gasteiger partial charge on any atom is 0.216 e. The molecule has 0 aliphatic rings. The number of carbonyl (C=O) groups is 1. The molecule has 2 rings (SSSR count). The summed E-state index contributed by atoms with van der Waals surface area (Å²) >= 11 is 0. The van der Waals surface area contributed by atoms with E-state index in [2.05, 4.69) is 27.4 Å². The maximum absolute atomic E-state index is 10.7. The second-order valence-electron chi connectivity index (χ2n) is 4.08. The van der Waals surface area contributed by atoms with E-state index in [0.717, 1.165) is 16.8 Å². The van der Waals surface area contributed by atoms with Gasteiger partial charge in [-0.25, -0.2) is 0 Å². The number of H-pyrrole nitrogens is 1. The summed E-state index contributed by atoms with van der Waals surface area (Å²) in [7, 11) is 0. The highest BCUT2D eigenvalue weighted by Crippen LogP contribution is 2.16. The fourth-order valence-corrected chi connectivity index (χ4v) is 1.62. The van der Waals surface area contributed by atoms with Gasteiger partial charge in [0.05, 0.1) is 5.69 Å². The molecular formula is C15H15N3O. The largest absolute Gasteiger partial charge is 0.355 e. The first-order valence-electron chi connectivity index (χ1n) is 6.09. The average molecular weight is 253 g/mol. The van der Waals surface area contributed by atoms with Crippen LogP contribution in [0.5, 0.6) is 0 Å². The van der Waals surface area contributed by atoms with Crippen LogP contribution in [0.25, 0.3) is 11.3 Å². The number of aromatic amines is 1. The number of amides is 1. The Bertz CT molecular complexity index is 589. The van der Waals surface area contributed by atoms with Crippen molar-refractivity contribution in [2.75, 3.05) is 6.54 Å². The Hall–Kier alpha value is -2.54. The molecule has 19 heavy (non-hydrogen) atoms. The van der Waals surface area contributed by atoms with Crippen LogP contribution in [0.1, 0.15) is 18.9 Å². The van der Waals surface area contributed by atoms with Crippen LogP contribution in [-0.2, 0) is 4.79 Å². The van der Waals surface area contributed by atoms with E-state index in [1.165, 1.54) is 6.92 Å². The van der Waals surface area contributed by atoms with Gasteiger partial charge in [0.2, 0.25) is 5.91 Å². The Morgan fingerprint density at radius 3 is 2.74 bits per heavy atom. The van der Waals surface area contributed by atoms with E-state index in [4.69, 9.17) is 0 Å². The number of carbonyl (C=O) groups excluding carboxylic acids is 1. The fourth-order valence-electron chi connectivity index (χ4n) is 1.62. The number of rotatable bonds is 3. The highest BCUT2D eigenvalue weighted by Gasteiger charge is 1.97. The Labute approximate surface area is 112 Å². The normalized spacial score (nSPS) is 9.53. The lowest BCUT2D eigenvalue weighted by Crippen LogP contribution is -2.20. The third-order valence-corrected chi connectivity index (χ3v) is 2.55. The Balaban J connectivity index is 1.92. The molecular weight excluding hydrogens is 238 g/mol. The van der Waals surface area contributed by atoms with Gasteiger partial charge in [0.1, 0.15) is 0 Å². The first kappa shape index (κ1) is 12.9. The minimum atomic E-state index is -0.0225. The molecule has 4 nitrogen and oxygen atoms in total. The molecule has 0 saturated carbocycles. The lowest BCUT2D eigenvalue weighted by molar-refractivity contribution is -0.118. The van der Waals surface area contributed by atoms with Crippen molar-refractivity contribution >= 4 is 5.91 Å². The zero-order chi connectivity index (χ0) is 13.5. The molecule has 0 spiro atoms. The predicted molar refractivity (Wildman–Crippen MR) is 74.2 cm³/mol. The first-order valence-corrected chi connectivity index (χ1v) is 6.09. The van der Waals surface area contributed by atoms with Crippen LogP contribution >= 0.6 is 0 Å². The summed E-state index contributed by atoms with van der Waals surface area (Å²) in [6, 6.07) is 9.88. The SMILES string of the molecule is CC(=O)NCCC#Cc1ccc(-c2ccn[nH]2)cc1. The van der Waals surface area contributed by atoms with Crippen LogP contribution in [0, 0.1) is 11.8 Å². The molecule has 0 radical (unpaired) electrons. The third-order valence-electron chi connectivity index (χ3n) is 2.55. The molecule has 0 atom stereocenters. The average Bonchev–Trinajstić information content (AvgIpc) is 2.93. The molecule has 2 aromatic rings. The molecule has 0 bridgehead atoms. The van der Waals surface area contributed by atoms with Crippen molar-refractivity contribution < 1.29 is 4.79 Å². The second-order valence-corrected chi connectivity index (χ2v) is 4.08.